The van der Waals surface area contributed by atoms with Crippen LogP contribution in [0.25, 0.3) is 16.7 Å². The quantitative estimate of drug-likeness (QED) is 0.594. The summed E-state index contributed by atoms with van der Waals surface area (Å²) in [6.45, 7) is 2.03. The maximum Gasteiger partial charge on any atom is 0.351 e. The first-order valence-electron chi connectivity index (χ1n) is 7.95. The Balaban J connectivity index is 1.94. The monoisotopic (exact) mass is 335 g/mol. The Hall–Kier alpha value is -3.19. The minimum Gasteiger partial charge on any atom is -0.389 e. The van der Waals surface area contributed by atoms with Gasteiger partial charge in [-0.1, -0.05) is 36.4 Å². The van der Waals surface area contributed by atoms with E-state index in [9.17, 15) is 9.90 Å². The number of anilines is 1. The molecule has 0 aliphatic carbocycles. The van der Waals surface area contributed by atoms with Crippen LogP contribution in [0, 0.1) is 0 Å². The zero-order valence-electron chi connectivity index (χ0n) is 13.6. The number of benzene rings is 2. The Labute approximate surface area is 143 Å². The van der Waals surface area contributed by atoms with Crippen molar-refractivity contribution in [2.75, 3.05) is 5.73 Å². The largest absolute Gasteiger partial charge is 0.389 e. The number of fused-ring (bicyclic) bond motifs is 3. The first kappa shape index (κ1) is 15.3. The lowest BCUT2D eigenvalue weighted by atomic mass is 10.1. The second-order valence-corrected chi connectivity index (χ2v) is 6.01. The van der Waals surface area contributed by atoms with Gasteiger partial charge in [-0.15, -0.1) is 5.10 Å². The molecule has 1 unspecified atom stereocenters. The van der Waals surface area contributed by atoms with E-state index in [2.05, 4.69) is 10.1 Å². The molecule has 0 aliphatic rings. The molecule has 7 heteroatoms. The lowest BCUT2D eigenvalue weighted by Crippen LogP contribution is -2.22. The fourth-order valence-corrected chi connectivity index (χ4v) is 2.91. The van der Waals surface area contributed by atoms with Gasteiger partial charge in [-0.3, -0.25) is 0 Å². The van der Waals surface area contributed by atoms with E-state index in [-0.39, 0.29) is 11.5 Å². The van der Waals surface area contributed by atoms with E-state index >= 15 is 0 Å². The zero-order chi connectivity index (χ0) is 17.6. The molecule has 0 fully saturated rings. The van der Waals surface area contributed by atoms with Crippen molar-refractivity contribution >= 4 is 22.5 Å². The van der Waals surface area contributed by atoms with Gasteiger partial charge < -0.3 is 10.8 Å². The Bertz CT molecular complexity index is 1130. The highest BCUT2D eigenvalue weighted by atomic mass is 16.3. The van der Waals surface area contributed by atoms with Crippen molar-refractivity contribution in [2.45, 2.75) is 19.6 Å². The van der Waals surface area contributed by atoms with Gasteiger partial charge in [-0.05, 0) is 30.2 Å². The van der Waals surface area contributed by atoms with Gasteiger partial charge in [0.2, 0.25) is 5.65 Å². The van der Waals surface area contributed by atoms with Crippen LogP contribution in [-0.4, -0.2) is 24.3 Å². The molecule has 2 aromatic heterocycles. The van der Waals surface area contributed by atoms with E-state index in [0.717, 1.165) is 5.56 Å². The summed E-state index contributed by atoms with van der Waals surface area (Å²) in [5, 5.41) is 14.1. The number of nitrogen functional groups attached to an aromatic ring is 1. The molecule has 0 saturated heterocycles. The van der Waals surface area contributed by atoms with Gasteiger partial charge in [0.05, 0.1) is 23.7 Å². The average Bonchev–Trinajstić information content (AvgIpc) is 2.93. The molecule has 0 aliphatic heterocycles. The summed E-state index contributed by atoms with van der Waals surface area (Å²) in [7, 11) is 0. The van der Waals surface area contributed by atoms with Gasteiger partial charge in [0.1, 0.15) is 0 Å². The molecule has 0 spiro atoms. The van der Waals surface area contributed by atoms with Crippen molar-refractivity contribution in [3.8, 4) is 0 Å². The number of hydrogen-bond acceptors (Lipinski definition) is 5. The van der Waals surface area contributed by atoms with Gasteiger partial charge in [0, 0.05) is 0 Å². The van der Waals surface area contributed by atoms with E-state index in [1.54, 1.807) is 25.1 Å². The molecule has 2 heterocycles. The van der Waals surface area contributed by atoms with Gasteiger partial charge in [0.15, 0.2) is 5.82 Å². The van der Waals surface area contributed by atoms with Crippen molar-refractivity contribution in [3.05, 3.63) is 70.1 Å². The Morgan fingerprint density at radius 2 is 1.96 bits per heavy atom. The lowest BCUT2D eigenvalue weighted by molar-refractivity contribution is 0.199. The molecule has 25 heavy (non-hydrogen) atoms. The minimum atomic E-state index is -0.624. The molecule has 0 bridgehead atoms. The number of aliphatic hydroxyl groups is 1. The van der Waals surface area contributed by atoms with E-state index in [4.69, 9.17) is 5.73 Å². The van der Waals surface area contributed by atoms with Crippen molar-refractivity contribution in [1.82, 2.24) is 19.2 Å². The number of nitrogens with two attached hydrogens (primary N) is 1. The van der Waals surface area contributed by atoms with Gasteiger partial charge in [0.25, 0.3) is 0 Å². The molecular formula is C18H17N5O2. The molecule has 7 nitrogen and oxygen atoms in total. The van der Waals surface area contributed by atoms with Gasteiger partial charge in [-0.2, -0.15) is 0 Å². The summed E-state index contributed by atoms with van der Waals surface area (Å²) in [4.78, 5) is 17.2. The van der Waals surface area contributed by atoms with Crippen LogP contribution in [0.3, 0.4) is 0 Å². The van der Waals surface area contributed by atoms with Crippen LogP contribution < -0.4 is 11.4 Å². The number of aromatic nitrogens is 4. The molecule has 2 aromatic carbocycles. The second kappa shape index (κ2) is 5.71. The highest BCUT2D eigenvalue weighted by molar-refractivity contribution is 5.82. The minimum absolute atomic E-state index is 0.180. The number of nitrogens with zero attached hydrogens (tertiary/aromatic N) is 4. The Morgan fingerprint density at radius 3 is 2.68 bits per heavy atom. The first-order chi connectivity index (χ1) is 12.0. The van der Waals surface area contributed by atoms with Crippen molar-refractivity contribution < 1.29 is 5.11 Å². The summed E-state index contributed by atoms with van der Waals surface area (Å²) in [5.74, 6) is 0.180. The maximum absolute atomic E-state index is 12.8. The van der Waals surface area contributed by atoms with Crippen molar-refractivity contribution in [3.63, 3.8) is 0 Å². The van der Waals surface area contributed by atoms with E-state index in [0.29, 0.717) is 28.8 Å². The lowest BCUT2D eigenvalue weighted by Gasteiger charge is -2.07. The smallest absolute Gasteiger partial charge is 0.351 e. The predicted octanol–water partition coefficient (Wildman–Crippen LogP) is 1.73. The normalized spacial score (nSPS) is 12.7. The van der Waals surface area contributed by atoms with E-state index < -0.39 is 6.10 Å². The SMILES string of the molecule is CC(O)c1ccc2c(c1)nc(N)c1nn(Cc3ccccc3)c(=O)n12. The molecule has 3 N–H and O–H groups in total. The Morgan fingerprint density at radius 1 is 1.20 bits per heavy atom. The van der Waals surface area contributed by atoms with Crippen LogP contribution in [-0.2, 0) is 6.54 Å². The third-order valence-electron chi connectivity index (χ3n) is 4.21. The summed E-state index contributed by atoms with van der Waals surface area (Å²) in [6.07, 6.45) is -0.624. The topological polar surface area (TPSA) is 98.4 Å². The maximum atomic E-state index is 12.8. The molecule has 1 atom stereocenters. The second-order valence-electron chi connectivity index (χ2n) is 6.01. The third kappa shape index (κ3) is 2.54. The first-order valence-corrected chi connectivity index (χ1v) is 7.95. The van der Waals surface area contributed by atoms with E-state index in [1.807, 2.05) is 30.3 Å². The van der Waals surface area contributed by atoms with Gasteiger partial charge >= 0.3 is 5.69 Å². The van der Waals surface area contributed by atoms with Crippen LogP contribution in [0.2, 0.25) is 0 Å². The highest BCUT2D eigenvalue weighted by Gasteiger charge is 2.15. The molecule has 0 saturated carbocycles. The van der Waals surface area contributed by atoms with E-state index in [1.165, 1.54) is 9.08 Å². The predicted molar refractivity (Wildman–Crippen MR) is 95.3 cm³/mol. The number of hydrogen-bond donors (Lipinski definition) is 2. The standard InChI is InChI=1S/C18H17N5O2/c1-11(24)13-7-8-15-14(9-13)20-16(19)17-21-22(18(25)23(15)17)10-12-5-3-2-4-6-12/h2-9,11,24H,10H2,1H3,(H2,19,20). The third-order valence-corrected chi connectivity index (χ3v) is 4.21. The molecular weight excluding hydrogens is 318 g/mol. The molecule has 4 rings (SSSR count). The molecule has 4 aromatic rings. The summed E-state index contributed by atoms with van der Waals surface area (Å²) in [6, 6.07) is 14.9. The van der Waals surface area contributed by atoms with Crippen LogP contribution in [0.5, 0.6) is 0 Å². The van der Waals surface area contributed by atoms with Crippen LogP contribution in [0.4, 0.5) is 5.82 Å². The fourth-order valence-electron chi connectivity index (χ4n) is 2.91. The average molecular weight is 335 g/mol. The zero-order valence-corrected chi connectivity index (χ0v) is 13.6. The highest BCUT2D eigenvalue weighted by Crippen LogP contribution is 2.21. The van der Waals surface area contributed by atoms with Crippen molar-refractivity contribution in [2.24, 2.45) is 0 Å². The van der Waals surface area contributed by atoms with Crippen LogP contribution in [0.15, 0.2) is 53.3 Å². The molecule has 0 radical (unpaired) electrons. The van der Waals surface area contributed by atoms with Crippen LogP contribution >= 0.6 is 0 Å². The number of aliphatic hydroxyl groups excluding tert-OH is 1. The summed E-state index contributed by atoms with van der Waals surface area (Å²) < 4.78 is 2.84. The fraction of sp³-hybridized carbons (Fsp3) is 0.167. The number of rotatable bonds is 3. The summed E-state index contributed by atoms with van der Waals surface area (Å²) >= 11 is 0. The molecule has 0 amide bonds. The van der Waals surface area contributed by atoms with Gasteiger partial charge in [-0.25, -0.2) is 18.9 Å². The van der Waals surface area contributed by atoms with Crippen molar-refractivity contribution in [1.29, 1.82) is 0 Å². The molecule has 126 valence electrons. The summed E-state index contributed by atoms with van der Waals surface area (Å²) in [5.41, 5.74) is 8.91. The van der Waals surface area contributed by atoms with Crippen LogP contribution in [0.1, 0.15) is 24.2 Å². The Kier molecular flexibility index (Phi) is 3.51.